The average Bonchev–Trinajstić information content (AvgIpc) is 3.49. The van der Waals surface area contributed by atoms with Gasteiger partial charge < -0.3 is 9.42 Å². The molecular formula is C20H18N6O3. The molecule has 2 aliphatic rings. The number of hydrogen-bond acceptors (Lipinski definition) is 8. The standard InChI is InChI=1S/C20H18N6O3/c21-11-14-9-18(22-17-4-3-15(26(27)28)10-16(14)17)25-7-5-12(6-8-25)19-23-20(29-24-19)13-1-2-13/h3-4,9-10,12-13H,1-2,5-8H2. The Bertz CT molecular complexity index is 1140. The Balaban J connectivity index is 1.36. The molecule has 1 saturated carbocycles. The quantitative estimate of drug-likeness (QED) is 0.488. The normalized spacial score (nSPS) is 17.4. The van der Waals surface area contributed by atoms with Crippen LogP contribution < -0.4 is 4.90 Å². The van der Waals surface area contributed by atoms with Gasteiger partial charge in [-0.05, 0) is 37.8 Å². The highest BCUT2D eigenvalue weighted by Gasteiger charge is 2.32. The molecule has 1 saturated heterocycles. The lowest BCUT2D eigenvalue weighted by atomic mass is 9.96. The number of hydrogen-bond donors (Lipinski definition) is 0. The molecule has 2 fully saturated rings. The summed E-state index contributed by atoms with van der Waals surface area (Å²) in [6.07, 6.45) is 4.03. The van der Waals surface area contributed by atoms with E-state index in [9.17, 15) is 15.4 Å². The number of fused-ring (bicyclic) bond motifs is 1. The van der Waals surface area contributed by atoms with Crippen LogP contribution in [0.15, 0.2) is 28.8 Å². The highest BCUT2D eigenvalue weighted by molar-refractivity contribution is 5.88. The van der Waals surface area contributed by atoms with E-state index in [4.69, 9.17) is 4.52 Å². The summed E-state index contributed by atoms with van der Waals surface area (Å²) in [7, 11) is 0. The van der Waals surface area contributed by atoms with Crippen LogP contribution in [0.4, 0.5) is 11.5 Å². The van der Waals surface area contributed by atoms with E-state index in [2.05, 4.69) is 26.1 Å². The lowest BCUT2D eigenvalue weighted by Gasteiger charge is -2.31. The van der Waals surface area contributed by atoms with Crippen molar-refractivity contribution in [3.05, 3.63) is 51.7 Å². The first kappa shape index (κ1) is 17.6. The molecule has 0 unspecified atom stereocenters. The van der Waals surface area contributed by atoms with Gasteiger partial charge in [0.15, 0.2) is 5.82 Å². The van der Waals surface area contributed by atoms with E-state index in [-0.39, 0.29) is 11.6 Å². The van der Waals surface area contributed by atoms with E-state index < -0.39 is 4.92 Å². The van der Waals surface area contributed by atoms with Gasteiger partial charge in [-0.3, -0.25) is 10.1 Å². The molecule has 1 aliphatic carbocycles. The number of anilines is 1. The summed E-state index contributed by atoms with van der Waals surface area (Å²) >= 11 is 0. The monoisotopic (exact) mass is 390 g/mol. The lowest BCUT2D eigenvalue weighted by Crippen LogP contribution is -2.33. The Morgan fingerprint density at radius 2 is 1.93 bits per heavy atom. The van der Waals surface area contributed by atoms with Crippen molar-refractivity contribution in [2.75, 3.05) is 18.0 Å². The summed E-state index contributed by atoms with van der Waals surface area (Å²) in [6, 6.07) is 8.29. The summed E-state index contributed by atoms with van der Waals surface area (Å²) in [5, 5.41) is 25.2. The smallest absolute Gasteiger partial charge is 0.270 e. The van der Waals surface area contributed by atoms with Crippen molar-refractivity contribution in [2.24, 2.45) is 0 Å². The summed E-state index contributed by atoms with van der Waals surface area (Å²) in [6.45, 7) is 1.54. The Kier molecular flexibility index (Phi) is 4.12. The first-order valence-corrected chi connectivity index (χ1v) is 9.70. The van der Waals surface area contributed by atoms with Crippen molar-refractivity contribution in [1.29, 1.82) is 5.26 Å². The first-order chi connectivity index (χ1) is 14.1. The van der Waals surface area contributed by atoms with Gasteiger partial charge in [0.05, 0.1) is 22.1 Å². The van der Waals surface area contributed by atoms with Gasteiger partial charge in [0.25, 0.3) is 5.69 Å². The van der Waals surface area contributed by atoms with Crippen molar-refractivity contribution in [3.63, 3.8) is 0 Å². The highest BCUT2D eigenvalue weighted by Crippen LogP contribution is 2.40. The molecule has 0 atom stereocenters. The number of nitro groups is 1. The Morgan fingerprint density at radius 3 is 2.62 bits per heavy atom. The van der Waals surface area contributed by atoms with Crippen LogP contribution in [-0.4, -0.2) is 33.1 Å². The minimum Gasteiger partial charge on any atom is -0.357 e. The Labute approximate surface area is 166 Å². The molecule has 1 aliphatic heterocycles. The minimum absolute atomic E-state index is 0.0463. The van der Waals surface area contributed by atoms with Crippen LogP contribution in [0.1, 0.15) is 54.8 Å². The van der Waals surface area contributed by atoms with Crippen LogP contribution in [0.2, 0.25) is 0 Å². The fraction of sp³-hybridized carbons (Fsp3) is 0.400. The highest BCUT2D eigenvalue weighted by atomic mass is 16.6. The number of pyridine rings is 1. The molecule has 3 heterocycles. The van der Waals surface area contributed by atoms with Gasteiger partial charge >= 0.3 is 0 Å². The second-order valence-electron chi connectivity index (χ2n) is 7.62. The van der Waals surface area contributed by atoms with Crippen LogP contribution in [0, 0.1) is 21.4 Å². The number of benzene rings is 1. The predicted molar refractivity (Wildman–Crippen MR) is 104 cm³/mol. The third-order valence-corrected chi connectivity index (χ3v) is 5.68. The molecule has 146 valence electrons. The van der Waals surface area contributed by atoms with Gasteiger partial charge in [0.2, 0.25) is 5.89 Å². The molecule has 1 aromatic carbocycles. The second-order valence-corrected chi connectivity index (χ2v) is 7.62. The van der Waals surface area contributed by atoms with E-state index in [0.29, 0.717) is 28.2 Å². The third kappa shape index (κ3) is 3.27. The first-order valence-electron chi connectivity index (χ1n) is 9.70. The molecule has 3 aromatic rings. The minimum atomic E-state index is -0.466. The van der Waals surface area contributed by atoms with Crippen molar-refractivity contribution in [1.82, 2.24) is 15.1 Å². The van der Waals surface area contributed by atoms with Gasteiger partial charge in [0, 0.05) is 42.4 Å². The topological polar surface area (TPSA) is 122 Å². The largest absolute Gasteiger partial charge is 0.357 e. The third-order valence-electron chi connectivity index (χ3n) is 5.68. The second kappa shape index (κ2) is 6.81. The van der Waals surface area contributed by atoms with Gasteiger partial charge in [-0.25, -0.2) is 4.98 Å². The van der Waals surface area contributed by atoms with Crippen LogP contribution >= 0.6 is 0 Å². The zero-order chi connectivity index (χ0) is 20.0. The van der Waals surface area contributed by atoms with Crippen LogP contribution in [0.25, 0.3) is 10.9 Å². The molecule has 5 rings (SSSR count). The fourth-order valence-electron chi connectivity index (χ4n) is 3.84. The zero-order valence-corrected chi connectivity index (χ0v) is 15.6. The van der Waals surface area contributed by atoms with Crippen LogP contribution in [0.3, 0.4) is 0 Å². The van der Waals surface area contributed by atoms with Gasteiger partial charge in [-0.15, -0.1) is 0 Å². The average molecular weight is 390 g/mol. The molecule has 0 amide bonds. The number of piperidine rings is 1. The van der Waals surface area contributed by atoms with Gasteiger partial charge in [-0.2, -0.15) is 10.2 Å². The maximum atomic E-state index is 11.0. The van der Waals surface area contributed by atoms with E-state index in [1.165, 1.54) is 12.1 Å². The van der Waals surface area contributed by atoms with Gasteiger partial charge in [0.1, 0.15) is 5.82 Å². The van der Waals surface area contributed by atoms with E-state index >= 15 is 0 Å². The molecule has 2 aromatic heterocycles. The number of nitriles is 1. The van der Waals surface area contributed by atoms with Crippen molar-refractivity contribution >= 4 is 22.4 Å². The maximum absolute atomic E-state index is 11.0. The summed E-state index contributed by atoms with van der Waals surface area (Å²) in [5.74, 6) is 3.00. The molecular weight excluding hydrogens is 372 g/mol. The van der Waals surface area contributed by atoms with E-state index in [0.717, 1.165) is 50.5 Å². The fourth-order valence-corrected chi connectivity index (χ4v) is 3.84. The molecule has 0 radical (unpaired) electrons. The van der Waals surface area contributed by atoms with Crippen LogP contribution in [0.5, 0.6) is 0 Å². The number of aromatic nitrogens is 3. The van der Waals surface area contributed by atoms with E-state index in [1.807, 2.05) is 0 Å². The number of nitro benzene ring substituents is 1. The number of nitrogens with zero attached hydrogens (tertiary/aromatic N) is 6. The lowest BCUT2D eigenvalue weighted by molar-refractivity contribution is -0.384. The SMILES string of the molecule is N#Cc1cc(N2CCC(c3noc(C4CC4)n3)CC2)nc2ccc([N+](=O)[O-])cc12. The molecule has 0 N–H and O–H groups in total. The molecule has 9 nitrogen and oxygen atoms in total. The van der Waals surface area contributed by atoms with Crippen LogP contribution in [-0.2, 0) is 0 Å². The Hall–Kier alpha value is -3.54. The predicted octanol–water partition coefficient (Wildman–Crippen LogP) is 3.66. The molecule has 9 heteroatoms. The summed E-state index contributed by atoms with van der Waals surface area (Å²) in [5.41, 5.74) is 0.928. The maximum Gasteiger partial charge on any atom is 0.270 e. The summed E-state index contributed by atoms with van der Waals surface area (Å²) < 4.78 is 5.39. The van der Waals surface area contributed by atoms with Gasteiger partial charge in [-0.1, -0.05) is 5.16 Å². The number of rotatable bonds is 4. The Morgan fingerprint density at radius 1 is 1.14 bits per heavy atom. The van der Waals surface area contributed by atoms with Crippen molar-refractivity contribution in [2.45, 2.75) is 37.5 Å². The van der Waals surface area contributed by atoms with Crippen molar-refractivity contribution in [3.8, 4) is 6.07 Å². The number of non-ortho nitro benzene ring substituents is 1. The molecule has 0 bridgehead atoms. The van der Waals surface area contributed by atoms with Crippen molar-refractivity contribution < 1.29 is 9.45 Å². The van der Waals surface area contributed by atoms with E-state index in [1.54, 1.807) is 12.1 Å². The summed E-state index contributed by atoms with van der Waals surface area (Å²) in [4.78, 5) is 21.9. The molecule has 29 heavy (non-hydrogen) atoms. The zero-order valence-electron chi connectivity index (χ0n) is 15.6. The molecule has 0 spiro atoms.